The molecule has 108 valence electrons. The van der Waals surface area contributed by atoms with Crippen LogP contribution in [0.4, 0.5) is 5.69 Å². The van der Waals surface area contributed by atoms with E-state index in [0.29, 0.717) is 11.3 Å². The summed E-state index contributed by atoms with van der Waals surface area (Å²) >= 11 is 3.31. The molecule has 0 saturated carbocycles. The molecule has 0 radical (unpaired) electrons. The summed E-state index contributed by atoms with van der Waals surface area (Å²) in [5, 5.41) is 9.04. The molecule has 0 unspecified atom stereocenters. The van der Waals surface area contributed by atoms with E-state index < -0.39 is 5.97 Å². The summed E-state index contributed by atoms with van der Waals surface area (Å²) in [6.45, 7) is 1.56. The minimum Gasteiger partial charge on any atom is -0.480 e. The van der Waals surface area contributed by atoms with E-state index >= 15 is 0 Å². The number of rotatable bonds is 4. The summed E-state index contributed by atoms with van der Waals surface area (Å²) in [5.74, 6) is -1.39. The summed E-state index contributed by atoms with van der Waals surface area (Å²) < 4.78 is 0.860. The molecule has 0 aromatic heterocycles. The van der Waals surface area contributed by atoms with Crippen LogP contribution in [0.3, 0.4) is 0 Å². The van der Waals surface area contributed by atoms with Gasteiger partial charge in [0.05, 0.1) is 0 Å². The Morgan fingerprint density at radius 1 is 1.05 bits per heavy atom. The monoisotopic (exact) mass is 347 g/mol. The van der Waals surface area contributed by atoms with Crippen LogP contribution in [0.5, 0.6) is 0 Å². The molecule has 4 nitrogen and oxygen atoms in total. The molecule has 0 atom stereocenters. The molecular weight excluding hydrogens is 334 g/mol. The second-order valence-electron chi connectivity index (χ2n) is 4.63. The van der Waals surface area contributed by atoms with E-state index in [0.717, 1.165) is 10.0 Å². The van der Waals surface area contributed by atoms with Gasteiger partial charge in [0.25, 0.3) is 5.91 Å². The Bertz CT molecular complexity index is 650. The van der Waals surface area contributed by atoms with Crippen LogP contribution in [-0.2, 0) is 4.79 Å². The molecule has 5 heteroatoms. The Morgan fingerprint density at radius 3 is 2.14 bits per heavy atom. The lowest BCUT2D eigenvalue weighted by molar-refractivity contribution is -0.135. The zero-order chi connectivity index (χ0) is 15.4. The van der Waals surface area contributed by atoms with Crippen LogP contribution >= 0.6 is 15.9 Å². The molecule has 21 heavy (non-hydrogen) atoms. The zero-order valence-electron chi connectivity index (χ0n) is 11.4. The first kappa shape index (κ1) is 15.3. The van der Waals surface area contributed by atoms with E-state index in [9.17, 15) is 9.59 Å². The standard InChI is InChI=1S/C16H14BrNO3/c1-11-2-8-14(9-3-11)18(10-15(19)20)16(21)12-4-6-13(17)7-5-12/h2-9H,10H2,1H3,(H,19,20). The fourth-order valence-corrected chi connectivity index (χ4v) is 2.15. The van der Waals surface area contributed by atoms with Gasteiger partial charge in [0.2, 0.25) is 0 Å². The van der Waals surface area contributed by atoms with Crippen molar-refractivity contribution in [1.29, 1.82) is 0 Å². The van der Waals surface area contributed by atoms with E-state index in [1.165, 1.54) is 4.90 Å². The van der Waals surface area contributed by atoms with Gasteiger partial charge in [0.1, 0.15) is 6.54 Å². The van der Waals surface area contributed by atoms with Crippen molar-refractivity contribution in [1.82, 2.24) is 0 Å². The van der Waals surface area contributed by atoms with Gasteiger partial charge in [-0.25, -0.2) is 0 Å². The number of nitrogens with zero attached hydrogens (tertiary/aromatic N) is 1. The average molecular weight is 348 g/mol. The summed E-state index contributed by atoms with van der Waals surface area (Å²) in [4.78, 5) is 24.8. The van der Waals surface area contributed by atoms with Gasteiger partial charge in [-0.3, -0.25) is 14.5 Å². The van der Waals surface area contributed by atoms with Gasteiger partial charge in [-0.15, -0.1) is 0 Å². The first-order valence-corrected chi connectivity index (χ1v) is 7.12. The molecule has 0 aliphatic carbocycles. The summed E-state index contributed by atoms with van der Waals surface area (Å²) in [6, 6.07) is 14.0. The third-order valence-corrected chi connectivity index (χ3v) is 3.50. The van der Waals surface area contributed by atoms with Gasteiger partial charge in [-0.2, -0.15) is 0 Å². The highest BCUT2D eigenvalue weighted by Crippen LogP contribution is 2.19. The van der Waals surface area contributed by atoms with Crippen molar-refractivity contribution in [3.8, 4) is 0 Å². The maximum atomic E-state index is 12.5. The smallest absolute Gasteiger partial charge is 0.323 e. The Kier molecular flexibility index (Phi) is 4.75. The molecule has 0 bridgehead atoms. The van der Waals surface area contributed by atoms with Crippen molar-refractivity contribution in [2.75, 3.05) is 11.4 Å². The van der Waals surface area contributed by atoms with Crippen molar-refractivity contribution in [3.05, 3.63) is 64.1 Å². The minimum absolute atomic E-state index is 0.339. The normalized spacial score (nSPS) is 10.2. The largest absolute Gasteiger partial charge is 0.480 e. The number of carbonyl (C=O) groups is 2. The molecule has 2 aromatic rings. The van der Waals surface area contributed by atoms with Crippen LogP contribution in [-0.4, -0.2) is 23.5 Å². The predicted octanol–water partition coefficient (Wildman–Crippen LogP) is 3.49. The van der Waals surface area contributed by atoms with Crippen LogP contribution in [0.2, 0.25) is 0 Å². The lowest BCUT2D eigenvalue weighted by atomic mass is 10.1. The van der Waals surface area contributed by atoms with E-state index in [1.807, 2.05) is 19.1 Å². The van der Waals surface area contributed by atoms with Crippen LogP contribution in [0.25, 0.3) is 0 Å². The highest BCUT2D eigenvalue weighted by molar-refractivity contribution is 9.10. The molecule has 1 N–H and O–H groups in total. The molecule has 0 spiro atoms. The van der Waals surface area contributed by atoms with Gasteiger partial charge < -0.3 is 5.11 Å². The van der Waals surface area contributed by atoms with E-state index in [2.05, 4.69) is 15.9 Å². The molecule has 1 amide bonds. The quantitative estimate of drug-likeness (QED) is 0.920. The molecular formula is C16H14BrNO3. The van der Waals surface area contributed by atoms with Gasteiger partial charge in [-0.1, -0.05) is 33.6 Å². The van der Waals surface area contributed by atoms with Crippen LogP contribution < -0.4 is 4.90 Å². The maximum absolute atomic E-state index is 12.5. The first-order valence-electron chi connectivity index (χ1n) is 6.33. The summed E-state index contributed by atoms with van der Waals surface area (Å²) in [6.07, 6.45) is 0. The zero-order valence-corrected chi connectivity index (χ0v) is 13.0. The second kappa shape index (κ2) is 6.54. The molecule has 0 heterocycles. The number of aryl methyl sites for hydroxylation is 1. The molecule has 0 saturated heterocycles. The molecule has 0 aliphatic rings. The number of hydrogen-bond acceptors (Lipinski definition) is 2. The molecule has 0 aliphatic heterocycles. The average Bonchev–Trinajstić information content (AvgIpc) is 2.46. The number of carboxylic acid groups (broad SMARTS) is 1. The highest BCUT2D eigenvalue weighted by atomic mass is 79.9. The minimum atomic E-state index is -1.05. The third kappa shape index (κ3) is 3.92. The van der Waals surface area contributed by atoms with Crippen LogP contribution in [0, 0.1) is 6.92 Å². The molecule has 0 fully saturated rings. The van der Waals surface area contributed by atoms with E-state index in [4.69, 9.17) is 5.11 Å². The van der Waals surface area contributed by atoms with E-state index in [-0.39, 0.29) is 12.5 Å². The number of aliphatic carboxylic acids is 1. The number of anilines is 1. The fourth-order valence-electron chi connectivity index (χ4n) is 1.89. The number of amides is 1. The topological polar surface area (TPSA) is 57.6 Å². The van der Waals surface area contributed by atoms with E-state index in [1.54, 1.807) is 36.4 Å². The van der Waals surface area contributed by atoms with Gasteiger partial charge in [0.15, 0.2) is 0 Å². The lowest BCUT2D eigenvalue weighted by Crippen LogP contribution is -2.35. The van der Waals surface area contributed by atoms with Gasteiger partial charge in [0, 0.05) is 15.7 Å². The SMILES string of the molecule is Cc1ccc(N(CC(=O)O)C(=O)c2ccc(Br)cc2)cc1. The maximum Gasteiger partial charge on any atom is 0.323 e. The van der Waals surface area contributed by atoms with Crippen molar-refractivity contribution in [2.45, 2.75) is 6.92 Å². The van der Waals surface area contributed by atoms with Crippen LogP contribution in [0.15, 0.2) is 53.0 Å². The summed E-state index contributed by atoms with van der Waals surface area (Å²) in [7, 11) is 0. The third-order valence-electron chi connectivity index (χ3n) is 2.98. The fraction of sp³-hybridized carbons (Fsp3) is 0.125. The number of halogens is 1. The number of carboxylic acids is 1. The van der Waals surface area contributed by atoms with Crippen molar-refractivity contribution in [2.24, 2.45) is 0 Å². The van der Waals surface area contributed by atoms with Gasteiger partial charge in [-0.05, 0) is 43.3 Å². The van der Waals surface area contributed by atoms with Crippen molar-refractivity contribution in [3.63, 3.8) is 0 Å². The first-order chi connectivity index (χ1) is 9.97. The van der Waals surface area contributed by atoms with Gasteiger partial charge >= 0.3 is 5.97 Å². The Hall–Kier alpha value is -2.14. The molecule has 2 rings (SSSR count). The Morgan fingerprint density at radius 2 is 1.62 bits per heavy atom. The summed E-state index contributed by atoms with van der Waals surface area (Å²) in [5.41, 5.74) is 2.06. The van der Waals surface area contributed by atoms with Crippen molar-refractivity contribution < 1.29 is 14.7 Å². The number of hydrogen-bond donors (Lipinski definition) is 1. The number of benzene rings is 2. The van der Waals surface area contributed by atoms with Crippen molar-refractivity contribution >= 4 is 33.5 Å². The highest BCUT2D eigenvalue weighted by Gasteiger charge is 2.20. The Balaban J connectivity index is 2.35. The predicted molar refractivity (Wildman–Crippen MR) is 84.6 cm³/mol. The second-order valence-corrected chi connectivity index (χ2v) is 5.54. The number of carbonyl (C=O) groups excluding carboxylic acids is 1. The Labute approximate surface area is 131 Å². The lowest BCUT2D eigenvalue weighted by Gasteiger charge is -2.21. The van der Waals surface area contributed by atoms with Crippen LogP contribution in [0.1, 0.15) is 15.9 Å². The molecule has 2 aromatic carbocycles.